The smallest absolute Gasteiger partial charge is 0.409 e. The number of carbonyl (C=O) groups is 3. The Balaban J connectivity index is 1.81. The summed E-state index contributed by atoms with van der Waals surface area (Å²) in [6.45, 7) is 2.08. The lowest BCUT2D eigenvalue weighted by Gasteiger charge is -2.28. The molecule has 2 aliphatic rings. The SMILES string of the molecule is O=C(O)[C@@H]1CC(=O)N(CCN2CCCOC2=O)C1. The van der Waals surface area contributed by atoms with Gasteiger partial charge in [-0.25, -0.2) is 4.79 Å². The number of carbonyl (C=O) groups excluding carboxylic acids is 2. The first-order valence-electron chi connectivity index (χ1n) is 6.00. The number of carboxylic acids is 1. The Hall–Kier alpha value is -1.79. The molecule has 0 spiro atoms. The first-order chi connectivity index (χ1) is 8.58. The Morgan fingerprint density at radius 3 is 2.67 bits per heavy atom. The number of likely N-dealkylation sites (tertiary alicyclic amines) is 1. The normalized spacial score (nSPS) is 24.3. The summed E-state index contributed by atoms with van der Waals surface area (Å²) in [7, 11) is 0. The molecule has 7 heteroatoms. The molecule has 0 saturated carbocycles. The van der Waals surface area contributed by atoms with Crippen LogP contribution in [-0.2, 0) is 14.3 Å². The number of amides is 2. The Bertz CT molecular complexity index is 370. The van der Waals surface area contributed by atoms with E-state index in [0.29, 0.717) is 26.2 Å². The van der Waals surface area contributed by atoms with Gasteiger partial charge in [-0.2, -0.15) is 0 Å². The maximum Gasteiger partial charge on any atom is 0.409 e. The summed E-state index contributed by atoms with van der Waals surface area (Å²) in [5.74, 6) is -1.72. The van der Waals surface area contributed by atoms with Crippen LogP contribution in [0.15, 0.2) is 0 Å². The van der Waals surface area contributed by atoms with Crippen LogP contribution in [-0.4, -0.2) is 65.7 Å². The third kappa shape index (κ3) is 2.72. The molecule has 2 saturated heterocycles. The number of ether oxygens (including phenoxy) is 1. The molecule has 2 rings (SSSR count). The van der Waals surface area contributed by atoms with Gasteiger partial charge in [0.2, 0.25) is 5.91 Å². The first kappa shape index (κ1) is 12.7. The molecule has 0 aromatic heterocycles. The standard InChI is InChI=1S/C11H16N2O5/c14-9-6-8(10(15)16)7-13(9)4-3-12-2-1-5-18-11(12)17/h8H,1-7H2,(H,15,16)/t8-/m1/s1. The van der Waals surface area contributed by atoms with Crippen LogP contribution in [0.2, 0.25) is 0 Å². The van der Waals surface area contributed by atoms with Gasteiger partial charge >= 0.3 is 12.1 Å². The zero-order valence-electron chi connectivity index (χ0n) is 10.0. The van der Waals surface area contributed by atoms with E-state index in [9.17, 15) is 14.4 Å². The van der Waals surface area contributed by atoms with Gasteiger partial charge in [-0.15, -0.1) is 0 Å². The van der Waals surface area contributed by atoms with E-state index >= 15 is 0 Å². The second kappa shape index (κ2) is 5.24. The highest BCUT2D eigenvalue weighted by atomic mass is 16.6. The molecule has 0 radical (unpaired) electrons. The quantitative estimate of drug-likeness (QED) is 0.750. The summed E-state index contributed by atoms with van der Waals surface area (Å²) >= 11 is 0. The molecule has 2 fully saturated rings. The van der Waals surface area contributed by atoms with Crippen LogP contribution in [0.1, 0.15) is 12.8 Å². The Morgan fingerprint density at radius 2 is 2.06 bits per heavy atom. The number of rotatable bonds is 4. The van der Waals surface area contributed by atoms with E-state index in [-0.39, 0.29) is 25.0 Å². The Labute approximate surface area is 104 Å². The number of cyclic esters (lactones) is 1. The molecular weight excluding hydrogens is 240 g/mol. The summed E-state index contributed by atoms with van der Waals surface area (Å²) < 4.78 is 4.88. The van der Waals surface area contributed by atoms with Gasteiger partial charge in [0.15, 0.2) is 0 Å². The predicted octanol–water partition coefficient (Wildman–Crippen LogP) is -0.238. The van der Waals surface area contributed by atoms with Gasteiger partial charge in [0.25, 0.3) is 0 Å². The van der Waals surface area contributed by atoms with Gasteiger partial charge in [0.05, 0.1) is 12.5 Å². The van der Waals surface area contributed by atoms with Crippen molar-refractivity contribution in [2.75, 3.05) is 32.8 Å². The lowest BCUT2D eigenvalue weighted by molar-refractivity contribution is -0.141. The molecule has 0 unspecified atom stereocenters. The molecule has 2 amide bonds. The molecule has 1 N–H and O–H groups in total. The van der Waals surface area contributed by atoms with Gasteiger partial charge in [-0.3, -0.25) is 9.59 Å². The molecule has 100 valence electrons. The van der Waals surface area contributed by atoms with Crippen LogP contribution >= 0.6 is 0 Å². The molecule has 7 nitrogen and oxygen atoms in total. The molecule has 2 heterocycles. The lowest BCUT2D eigenvalue weighted by Crippen LogP contribution is -2.43. The monoisotopic (exact) mass is 256 g/mol. The minimum Gasteiger partial charge on any atom is -0.481 e. The summed E-state index contributed by atoms with van der Waals surface area (Å²) in [6, 6.07) is 0. The number of nitrogens with zero attached hydrogens (tertiary/aromatic N) is 2. The van der Waals surface area contributed by atoms with Crippen molar-refractivity contribution in [3.8, 4) is 0 Å². The fourth-order valence-electron chi connectivity index (χ4n) is 2.20. The molecule has 0 aromatic rings. The first-order valence-corrected chi connectivity index (χ1v) is 6.00. The minimum absolute atomic E-state index is 0.0553. The highest BCUT2D eigenvalue weighted by Gasteiger charge is 2.34. The number of hydrogen-bond donors (Lipinski definition) is 1. The maximum absolute atomic E-state index is 11.6. The van der Waals surface area contributed by atoms with Gasteiger partial charge in [-0.05, 0) is 6.42 Å². The molecule has 0 aromatic carbocycles. The highest BCUT2D eigenvalue weighted by Crippen LogP contribution is 2.17. The molecule has 2 aliphatic heterocycles. The van der Waals surface area contributed by atoms with Crippen molar-refractivity contribution < 1.29 is 24.2 Å². The average molecular weight is 256 g/mol. The summed E-state index contributed by atoms with van der Waals surface area (Å²) in [6.07, 6.45) is 0.486. The third-order valence-corrected chi connectivity index (χ3v) is 3.26. The molecular formula is C11H16N2O5. The van der Waals surface area contributed by atoms with Crippen LogP contribution in [0.25, 0.3) is 0 Å². The van der Waals surface area contributed by atoms with E-state index in [1.807, 2.05) is 0 Å². The van der Waals surface area contributed by atoms with Crippen molar-refractivity contribution in [3.05, 3.63) is 0 Å². The van der Waals surface area contributed by atoms with Crippen molar-refractivity contribution in [1.82, 2.24) is 9.80 Å². The van der Waals surface area contributed by atoms with E-state index in [1.54, 1.807) is 4.90 Å². The zero-order chi connectivity index (χ0) is 13.1. The van der Waals surface area contributed by atoms with Gasteiger partial charge in [0.1, 0.15) is 0 Å². The van der Waals surface area contributed by atoms with Gasteiger partial charge in [0, 0.05) is 32.6 Å². The van der Waals surface area contributed by atoms with Crippen LogP contribution in [0.5, 0.6) is 0 Å². The fraction of sp³-hybridized carbons (Fsp3) is 0.727. The van der Waals surface area contributed by atoms with E-state index in [2.05, 4.69) is 0 Å². The summed E-state index contributed by atoms with van der Waals surface area (Å²) in [4.78, 5) is 36.8. The van der Waals surface area contributed by atoms with Crippen LogP contribution in [0.4, 0.5) is 4.79 Å². The van der Waals surface area contributed by atoms with E-state index in [1.165, 1.54) is 4.90 Å². The second-order valence-electron chi connectivity index (χ2n) is 4.53. The van der Waals surface area contributed by atoms with E-state index in [0.717, 1.165) is 6.42 Å². The van der Waals surface area contributed by atoms with Crippen molar-refractivity contribution in [3.63, 3.8) is 0 Å². The Morgan fingerprint density at radius 1 is 1.33 bits per heavy atom. The molecule has 0 bridgehead atoms. The fourth-order valence-corrected chi connectivity index (χ4v) is 2.20. The summed E-state index contributed by atoms with van der Waals surface area (Å²) in [5, 5.41) is 8.84. The van der Waals surface area contributed by atoms with E-state index < -0.39 is 11.9 Å². The van der Waals surface area contributed by atoms with Crippen molar-refractivity contribution in [2.24, 2.45) is 5.92 Å². The van der Waals surface area contributed by atoms with E-state index in [4.69, 9.17) is 9.84 Å². The lowest BCUT2D eigenvalue weighted by atomic mass is 10.1. The largest absolute Gasteiger partial charge is 0.481 e. The van der Waals surface area contributed by atoms with Crippen molar-refractivity contribution in [1.29, 1.82) is 0 Å². The van der Waals surface area contributed by atoms with Crippen LogP contribution in [0, 0.1) is 5.92 Å². The molecule has 18 heavy (non-hydrogen) atoms. The highest BCUT2D eigenvalue weighted by molar-refractivity contribution is 5.86. The van der Waals surface area contributed by atoms with Crippen molar-refractivity contribution in [2.45, 2.75) is 12.8 Å². The van der Waals surface area contributed by atoms with Gasteiger partial charge in [-0.1, -0.05) is 0 Å². The minimum atomic E-state index is -0.941. The summed E-state index contributed by atoms with van der Waals surface area (Å²) in [5.41, 5.74) is 0. The number of hydrogen-bond acceptors (Lipinski definition) is 4. The number of carboxylic acid groups (broad SMARTS) is 1. The Kier molecular flexibility index (Phi) is 3.69. The number of aliphatic carboxylic acids is 1. The van der Waals surface area contributed by atoms with Crippen LogP contribution < -0.4 is 0 Å². The predicted molar refractivity (Wildman–Crippen MR) is 59.9 cm³/mol. The van der Waals surface area contributed by atoms with Gasteiger partial charge < -0.3 is 19.6 Å². The van der Waals surface area contributed by atoms with Crippen LogP contribution in [0.3, 0.4) is 0 Å². The average Bonchev–Trinajstić information content (AvgIpc) is 2.70. The zero-order valence-corrected chi connectivity index (χ0v) is 10.0. The second-order valence-corrected chi connectivity index (χ2v) is 4.53. The third-order valence-electron chi connectivity index (χ3n) is 3.26. The molecule has 0 aliphatic carbocycles. The topological polar surface area (TPSA) is 87.2 Å². The van der Waals surface area contributed by atoms with Crippen molar-refractivity contribution >= 4 is 18.0 Å². The maximum atomic E-state index is 11.6. The molecule has 1 atom stereocenters.